The molecular formula is C6H5BrN4S2. The van der Waals surface area contributed by atoms with E-state index in [9.17, 15) is 0 Å². The first-order valence-electron chi connectivity index (χ1n) is 3.31. The molecule has 0 aromatic carbocycles. The molecule has 0 bridgehead atoms. The van der Waals surface area contributed by atoms with E-state index >= 15 is 0 Å². The predicted molar refractivity (Wildman–Crippen MR) is 59.6 cm³/mol. The summed E-state index contributed by atoms with van der Waals surface area (Å²) in [4.78, 5) is 4.56. The highest BCUT2D eigenvalue weighted by atomic mass is 79.9. The Hall–Kier alpha value is -0.400. The van der Waals surface area contributed by atoms with E-state index in [1.165, 1.54) is 6.33 Å². The predicted octanol–water partition coefficient (Wildman–Crippen LogP) is 1.65. The third kappa shape index (κ3) is 1.22. The van der Waals surface area contributed by atoms with Gasteiger partial charge in [0.25, 0.3) is 0 Å². The molecule has 13 heavy (non-hydrogen) atoms. The van der Waals surface area contributed by atoms with Crippen LogP contribution in [0.3, 0.4) is 0 Å². The molecule has 0 aliphatic carbocycles. The number of fused-ring (bicyclic) bond motifs is 1. The molecule has 0 saturated carbocycles. The number of thiol groups is 2. The number of halogens is 1. The zero-order valence-corrected chi connectivity index (χ0v) is 9.64. The molecule has 0 amide bonds. The first-order chi connectivity index (χ1) is 6.13. The molecule has 0 fully saturated rings. The van der Waals surface area contributed by atoms with Gasteiger partial charge < -0.3 is 5.73 Å². The zero-order valence-electron chi connectivity index (χ0n) is 6.27. The van der Waals surface area contributed by atoms with E-state index in [0.717, 1.165) is 4.47 Å². The van der Waals surface area contributed by atoms with E-state index in [4.69, 9.17) is 5.73 Å². The smallest absolute Gasteiger partial charge is 0.152 e. The van der Waals surface area contributed by atoms with Gasteiger partial charge in [0, 0.05) is 0 Å². The molecule has 0 radical (unpaired) electrons. The lowest BCUT2D eigenvalue weighted by molar-refractivity contribution is 0.832. The number of anilines is 1. The summed E-state index contributed by atoms with van der Waals surface area (Å²) in [6.07, 6.45) is 1.38. The van der Waals surface area contributed by atoms with E-state index in [1.807, 2.05) is 0 Å². The van der Waals surface area contributed by atoms with Gasteiger partial charge in [0.05, 0.1) is 9.37 Å². The van der Waals surface area contributed by atoms with Gasteiger partial charge in [-0.1, -0.05) is 0 Å². The van der Waals surface area contributed by atoms with Crippen molar-refractivity contribution >= 4 is 52.5 Å². The molecule has 2 N–H and O–H groups in total. The van der Waals surface area contributed by atoms with Gasteiger partial charge in [0.15, 0.2) is 5.82 Å². The third-order valence-electron chi connectivity index (χ3n) is 1.65. The number of aromatic nitrogens is 3. The van der Waals surface area contributed by atoms with Crippen molar-refractivity contribution in [2.75, 3.05) is 5.73 Å². The van der Waals surface area contributed by atoms with Crippen LogP contribution in [0.2, 0.25) is 0 Å². The second kappa shape index (κ2) is 3.07. The molecule has 2 rings (SSSR count). The van der Waals surface area contributed by atoms with Gasteiger partial charge in [-0.3, -0.25) is 0 Å². The van der Waals surface area contributed by atoms with Crippen LogP contribution in [-0.2, 0) is 0 Å². The molecule has 0 spiro atoms. The highest BCUT2D eigenvalue weighted by molar-refractivity contribution is 9.10. The number of hydrogen-bond donors (Lipinski definition) is 3. The molecule has 2 heterocycles. The summed E-state index contributed by atoms with van der Waals surface area (Å²) in [6.45, 7) is 0. The molecular weight excluding hydrogens is 272 g/mol. The van der Waals surface area contributed by atoms with Crippen molar-refractivity contribution in [1.29, 1.82) is 0 Å². The Labute approximate surface area is 93.5 Å². The lowest BCUT2D eigenvalue weighted by Crippen LogP contribution is -1.98. The van der Waals surface area contributed by atoms with Gasteiger partial charge in [-0.05, 0) is 15.9 Å². The highest BCUT2D eigenvalue weighted by Gasteiger charge is 2.14. The Bertz CT molecular complexity index is 481. The maximum atomic E-state index is 5.66. The van der Waals surface area contributed by atoms with Gasteiger partial charge in [-0.25, -0.2) is 9.50 Å². The van der Waals surface area contributed by atoms with Crippen LogP contribution >= 0.6 is 41.2 Å². The average molecular weight is 277 g/mol. The Kier molecular flexibility index (Phi) is 2.17. The first-order valence-corrected chi connectivity index (χ1v) is 5.00. The van der Waals surface area contributed by atoms with E-state index in [2.05, 4.69) is 51.3 Å². The molecule has 68 valence electrons. The maximum absolute atomic E-state index is 5.66. The van der Waals surface area contributed by atoms with Gasteiger partial charge in [-0.15, -0.1) is 25.3 Å². The van der Waals surface area contributed by atoms with Gasteiger partial charge in [0.1, 0.15) is 16.9 Å². The topological polar surface area (TPSA) is 56.2 Å². The Morgan fingerprint density at radius 1 is 1.46 bits per heavy atom. The lowest BCUT2D eigenvalue weighted by Gasteiger charge is -1.97. The lowest BCUT2D eigenvalue weighted by atomic mass is 10.5. The van der Waals surface area contributed by atoms with Gasteiger partial charge >= 0.3 is 0 Å². The van der Waals surface area contributed by atoms with Crippen molar-refractivity contribution in [3.63, 3.8) is 0 Å². The molecule has 0 aliphatic rings. The Morgan fingerprint density at radius 3 is 2.77 bits per heavy atom. The molecule has 0 aliphatic heterocycles. The molecule has 0 atom stereocenters. The summed E-state index contributed by atoms with van der Waals surface area (Å²) in [6, 6.07) is 0. The van der Waals surface area contributed by atoms with E-state index in [1.54, 1.807) is 4.52 Å². The number of rotatable bonds is 0. The summed E-state index contributed by atoms with van der Waals surface area (Å²) < 4.78 is 2.35. The zero-order chi connectivity index (χ0) is 9.59. The molecule has 0 unspecified atom stereocenters. The average Bonchev–Trinajstić information content (AvgIpc) is 2.33. The second-order valence-corrected chi connectivity index (χ2v) is 4.06. The number of hydrogen-bond acceptors (Lipinski definition) is 5. The summed E-state index contributed by atoms with van der Waals surface area (Å²) in [5.41, 5.74) is 6.33. The summed E-state index contributed by atoms with van der Waals surface area (Å²) >= 11 is 11.9. The second-order valence-electron chi connectivity index (χ2n) is 2.39. The van der Waals surface area contributed by atoms with E-state index in [-0.39, 0.29) is 0 Å². The van der Waals surface area contributed by atoms with Crippen LogP contribution < -0.4 is 5.73 Å². The van der Waals surface area contributed by atoms with Crippen LogP contribution in [0.25, 0.3) is 5.52 Å². The van der Waals surface area contributed by atoms with Crippen LogP contribution in [0.15, 0.2) is 20.7 Å². The molecule has 7 heteroatoms. The van der Waals surface area contributed by atoms with Crippen molar-refractivity contribution in [2.24, 2.45) is 0 Å². The quantitative estimate of drug-likeness (QED) is 0.642. The van der Waals surface area contributed by atoms with Crippen molar-refractivity contribution in [3.8, 4) is 0 Å². The van der Waals surface area contributed by atoms with Crippen molar-refractivity contribution in [1.82, 2.24) is 14.6 Å². The molecule has 2 aromatic rings. The largest absolute Gasteiger partial charge is 0.382 e. The van der Waals surface area contributed by atoms with Crippen LogP contribution in [-0.4, -0.2) is 14.6 Å². The molecule has 2 aromatic heterocycles. The third-order valence-corrected chi connectivity index (χ3v) is 3.88. The standard InChI is InChI=1S/C6H5BrN4S2/c7-2-4(12)3-5(8)9-1-10-11(3)6(2)13/h1,12-13H,(H2,8,9,10). The normalized spacial score (nSPS) is 11.0. The van der Waals surface area contributed by atoms with Crippen LogP contribution in [0.1, 0.15) is 0 Å². The Balaban J connectivity index is 3.03. The first kappa shape index (κ1) is 9.17. The SMILES string of the molecule is Nc1ncnn2c(S)c(Br)c(S)c12. The van der Waals surface area contributed by atoms with Crippen molar-refractivity contribution in [3.05, 3.63) is 10.8 Å². The monoisotopic (exact) mass is 276 g/mol. The van der Waals surface area contributed by atoms with Crippen LogP contribution in [0.5, 0.6) is 0 Å². The highest BCUT2D eigenvalue weighted by Crippen LogP contribution is 2.34. The van der Waals surface area contributed by atoms with Crippen molar-refractivity contribution < 1.29 is 0 Å². The van der Waals surface area contributed by atoms with Gasteiger partial charge in [-0.2, -0.15) is 5.10 Å². The summed E-state index contributed by atoms with van der Waals surface area (Å²) in [5, 5.41) is 4.65. The minimum atomic E-state index is 0.390. The number of nitrogens with two attached hydrogens (primary N) is 1. The minimum absolute atomic E-state index is 0.390. The fourth-order valence-corrected chi connectivity index (χ4v) is 2.07. The van der Waals surface area contributed by atoms with E-state index in [0.29, 0.717) is 21.3 Å². The Morgan fingerprint density at radius 2 is 2.15 bits per heavy atom. The fraction of sp³-hybridized carbons (Fsp3) is 0. The number of nitrogen functional groups attached to an aromatic ring is 1. The van der Waals surface area contributed by atoms with E-state index < -0.39 is 0 Å². The van der Waals surface area contributed by atoms with Crippen molar-refractivity contribution in [2.45, 2.75) is 9.92 Å². The maximum Gasteiger partial charge on any atom is 0.152 e. The fourth-order valence-electron chi connectivity index (χ4n) is 1.05. The summed E-state index contributed by atoms with van der Waals surface area (Å²) in [5.74, 6) is 0.390. The van der Waals surface area contributed by atoms with Crippen LogP contribution in [0, 0.1) is 0 Å². The van der Waals surface area contributed by atoms with Crippen LogP contribution in [0.4, 0.5) is 5.82 Å². The number of nitrogens with zero attached hydrogens (tertiary/aromatic N) is 3. The molecule has 0 saturated heterocycles. The molecule has 4 nitrogen and oxygen atoms in total. The van der Waals surface area contributed by atoms with Gasteiger partial charge in [0.2, 0.25) is 0 Å². The minimum Gasteiger partial charge on any atom is -0.382 e. The summed E-state index contributed by atoms with van der Waals surface area (Å²) in [7, 11) is 0.